The highest BCUT2D eigenvalue weighted by Gasteiger charge is 2.51. The first-order valence-electron chi connectivity index (χ1n) is 18.9. The number of carbonyl (C=O) groups is 1. The van der Waals surface area contributed by atoms with Crippen LogP contribution < -0.4 is 14.8 Å². The Morgan fingerprint density at radius 2 is 1.55 bits per heavy atom. The second-order valence-electron chi connectivity index (χ2n) is 15.9. The molecule has 1 aliphatic carbocycles. The zero-order valence-corrected chi connectivity index (χ0v) is 33.2. The van der Waals surface area contributed by atoms with Crippen LogP contribution in [0.2, 0.25) is 6.32 Å². The summed E-state index contributed by atoms with van der Waals surface area (Å²) in [5.41, 5.74) is 8.67. The number of amides is 1. The lowest BCUT2D eigenvalue weighted by Gasteiger charge is -2.32. The number of nitrogens with two attached hydrogens (primary N) is 1. The number of primary amides is 1. The van der Waals surface area contributed by atoms with E-state index in [1.165, 1.54) is 22.7 Å². The van der Waals surface area contributed by atoms with E-state index < -0.39 is 34.3 Å². The van der Waals surface area contributed by atoms with Gasteiger partial charge in [-0.05, 0) is 118 Å². The van der Waals surface area contributed by atoms with E-state index in [2.05, 4.69) is 0 Å². The summed E-state index contributed by atoms with van der Waals surface area (Å²) >= 11 is 0. The molecule has 1 amide bonds. The first kappa shape index (κ1) is 39.5. The molecule has 10 nitrogen and oxygen atoms in total. The molecule has 13 heteroatoms. The molecular formula is C43H48BFN2O8S. The van der Waals surface area contributed by atoms with Crippen LogP contribution >= 0.6 is 0 Å². The van der Waals surface area contributed by atoms with Gasteiger partial charge >= 0.3 is 7.12 Å². The minimum atomic E-state index is -3.83. The van der Waals surface area contributed by atoms with Gasteiger partial charge in [-0.15, -0.1) is 0 Å². The standard InChI is InChI=1S/C43H48BFN2O8S/c1-42(2)43(3,4)55-44(54-42)24-30(27-51-26-29-9-7-6-8-10-29)25-47(56(5,49)50)37-23-38-36(22-35(37)31-13-14-31)40(41(46)48)39(53-38)21-28-11-17-33(18-12-28)52-34-19-15-32(45)16-20-34/h6-12,15-20,22-23,30-31H,13-14,21,24-27H2,1-5H3,(H2,46,48). The number of nitrogens with zero attached hydrogens (tertiary/aromatic N) is 1. The summed E-state index contributed by atoms with van der Waals surface area (Å²) in [6, 6.07) is 26.4. The van der Waals surface area contributed by atoms with Crippen molar-refractivity contribution in [1.82, 2.24) is 0 Å². The fraction of sp³-hybridized carbons (Fsp3) is 0.372. The van der Waals surface area contributed by atoms with E-state index in [1.807, 2.05) is 76.2 Å². The number of carbonyl (C=O) groups excluding carboxylic acids is 1. The smallest absolute Gasteiger partial charge is 0.458 e. The van der Waals surface area contributed by atoms with Gasteiger partial charge in [0.1, 0.15) is 28.7 Å². The average Bonchev–Trinajstić information content (AvgIpc) is 3.88. The summed E-state index contributed by atoms with van der Waals surface area (Å²) in [5.74, 6) is 0.241. The maximum Gasteiger partial charge on any atom is 0.458 e. The SMILES string of the molecule is CC1(C)OB(CC(COCc2ccccc2)CN(c2cc3oc(Cc4ccc(Oc5ccc(F)cc5)cc4)c(C(N)=O)c3cc2C2CC2)S(C)(=O)=O)OC1(C)C. The molecular weight excluding hydrogens is 734 g/mol. The largest absolute Gasteiger partial charge is 0.460 e. The number of benzene rings is 4. The molecule has 294 valence electrons. The molecule has 1 aromatic heterocycles. The Labute approximate surface area is 328 Å². The lowest BCUT2D eigenvalue weighted by atomic mass is 9.77. The first-order valence-corrected chi connectivity index (χ1v) is 20.8. The molecule has 56 heavy (non-hydrogen) atoms. The fourth-order valence-corrected chi connectivity index (χ4v) is 8.12. The molecule has 1 atom stereocenters. The van der Waals surface area contributed by atoms with Gasteiger partial charge in [0.2, 0.25) is 10.0 Å². The molecule has 4 aromatic carbocycles. The molecule has 2 fully saturated rings. The van der Waals surface area contributed by atoms with E-state index in [0.717, 1.165) is 29.5 Å². The molecule has 2 heterocycles. The normalized spacial score (nSPS) is 16.9. The van der Waals surface area contributed by atoms with Crippen LogP contribution in [0.5, 0.6) is 11.5 Å². The summed E-state index contributed by atoms with van der Waals surface area (Å²) < 4.78 is 73.6. The topological polar surface area (TPSA) is 131 Å². The minimum Gasteiger partial charge on any atom is -0.460 e. The molecule has 1 saturated carbocycles. The third kappa shape index (κ3) is 8.97. The Bertz CT molecular complexity index is 2280. The molecule has 7 rings (SSSR count). The van der Waals surface area contributed by atoms with Crippen molar-refractivity contribution in [3.63, 3.8) is 0 Å². The van der Waals surface area contributed by atoms with Gasteiger partial charge in [-0.2, -0.15) is 0 Å². The minimum absolute atomic E-state index is 0.103. The Morgan fingerprint density at radius 1 is 0.929 bits per heavy atom. The van der Waals surface area contributed by atoms with Crippen LogP contribution in [0.1, 0.15) is 79.3 Å². The van der Waals surface area contributed by atoms with Crippen molar-refractivity contribution in [3.8, 4) is 11.5 Å². The highest BCUT2D eigenvalue weighted by Crippen LogP contribution is 2.48. The highest BCUT2D eigenvalue weighted by molar-refractivity contribution is 7.92. The van der Waals surface area contributed by atoms with Crippen molar-refractivity contribution < 1.29 is 40.8 Å². The van der Waals surface area contributed by atoms with Gasteiger partial charge in [0, 0.05) is 24.4 Å². The van der Waals surface area contributed by atoms with Crippen LogP contribution in [0.3, 0.4) is 0 Å². The van der Waals surface area contributed by atoms with Crippen LogP contribution in [-0.2, 0) is 37.1 Å². The molecule has 1 saturated heterocycles. The van der Waals surface area contributed by atoms with Crippen molar-refractivity contribution in [2.45, 2.75) is 77.0 Å². The second kappa shape index (κ2) is 15.7. The van der Waals surface area contributed by atoms with Gasteiger partial charge in [0.05, 0.1) is 41.9 Å². The monoisotopic (exact) mass is 782 g/mol. The van der Waals surface area contributed by atoms with E-state index in [9.17, 15) is 17.6 Å². The number of anilines is 1. The number of hydrogen-bond donors (Lipinski definition) is 1. The predicted molar refractivity (Wildman–Crippen MR) is 215 cm³/mol. The Kier molecular flexibility index (Phi) is 11.1. The molecule has 1 unspecified atom stereocenters. The molecule has 2 aliphatic rings. The van der Waals surface area contributed by atoms with E-state index >= 15 is 0 Å². The van der Waals surface area contributed by atoms with E-state index in [1.54, 1.807) is 30.3 Å². The fourth-order valence-electron chi connectivity index (χ4n) is 7.12. The highest BCUT2D eigenvalue weighted by atomic mass is 32.2. The van der Waals surface area contributed by atoms with E-state index in [4.69, 9.17) is 28.9 Å². The van der Waals surface area contributed by atoms with Gasteiger partial charge in [-0.1, -0.05) is 42.5 Å². The van der Waals surface area contributed by atoms with Crippen molar-refractivity contribution in [2.75, 3.05) is 23.7 Å². The maximum atomic E-state index is 13.8. The lowest BCUT2D eigenvalue weighted by molar-refractivity contribution is 0.00578. The molecule has 5 aromatic rings. The van der Waals surface area contributed by atoms with Crippen molar-refractivity contribution in [3.05, 3.63) is 125 Å². The van der Waals surface area contributed by atoms with Crippen molar-refractivity contribution in [2.24, 2.45) is 11.7 Å². The number of sulfonamides is 1. The lowest BCUT2D eigenvalue weighted by Crippen LogP contribution is -2.41. The molecule has 0 spiro atoms. The number of ether oxygens (including phenoxy) is 2. The van der Waals surface area contributed by atoms with E-state index in [-0.39, 0.29) is 42.8 Å². The zero-order valence-electron chi connectivity index (χ0n) is 32.4. The van der Waals surface area contributed by atoms with Crippen LogP contribution in [0.25, 0.3) is 11.0 Å². The number of halogens is 1. The van der Waals surface area contributed by atoms with E-state index in [0.29, 0.717) is 46.8 Å². The summed E-state index contributed by atoms with van der Waals surface area (Å²) in [7, 11) is -4.39. The molecule has 2 N–H and O–H groups in total. The van der Waals surface area contributed by atoms with Gasteiger partial charge in [0.15, 0.2) is 0 Å². The first-order chi connectivity index (χ1) is 26.6. The van der Waals surface area contributed by atoms with Crippen LogP contribution in [0, 0.1) is 11.7 Å². The van der Waals surface area contributed by atoms with Crippen molar-refractivity contribution in [1.29, 1.82) is 0 Å². The summed E-state index contributed by atoms with van der Waals surface area (Å²) in [6.45, 7) is 8.70. The Morgan fingerprint density at radius 3 is 2.14 bits per heavy atom. The second-order valence-corrected chi connectivity index (χ2v) is 17.8. The number of fused-ring (bicyclic) bond motifs is 1. The molecule has 0 bridgehead atoms. The Balaban J connectivity index is 1.19. The van der Waals surface area contributed by atoms with Crippen molar-refractivity contribution >= 4 is 39.7 Å². The van der Waals surface area contributed by atoms with Crippen LogP contribution in [0.15, 0.2) is 95.4 Å². The quantitative estimate of drug-likeness (QED) is 0.0986. The van der Waals surface area contributed by atoms with Gasteiger partial charge < -0.3 is 28.9 Å². The number of furan rings is 1. The number of rotatable bonds is 16. The summed E-state index contributed by atoms with van der Waals surface area (Å²) in [6.07, 6.45) is 3.63. The van der Waals surface area contributed by atoms with Gasteiger partial charge in [0.25, 0.3) is 5.91 Å². The maximum absolute atomic E-state index is 13.8. The third-order valence-corrected chi connectivity index (χ3v) is 12.0. The third-order valence-electron chi connectivity index (χ3n) is 10.9. The average molecular weight is 783 g/mol. The Hall–Kier alpha value is -4.69. The van der Waals surface area contributed by atoms with Gasteiger partial charge in [-0.25, -0.2) is 12.8 Å². The van der Waals surface area contributed by atoms with Crippen LogP contribution in [-0.4, -0.2) is 52.1 Å². The zero-order chi connectivity index (χ0) is 39.8. The molecule has 1 aliphatic heterocycles. The summed E-state index contributed by atoms with van der Waals surface area (Å²) in [5, 5.41) is 0.544. The summed E-state index contributed by atoms with van der Waals surface area (Å²) in [4.78, 5) is 13.0. The number of hydrogen-bond acceptors (Lipinski definition) is 8. The molecule has 0 radical (unpaired) electrons. The van der Waals surface area contributed by atoms with Gasteiger partial charge in [-0.3, -0.25) is 9.10 Å². The predicted octanol–water partition coefficient (Wildman–Crippen LogP) is 8.62. The van der Waals surface area contributed by atoms with Crippen LogP contribution in [0.4, 0.5) is 10.1 Å².